The van der Waals surface area contributed by atoms with Crippen LogP contribution in [-0.2, 0) is 4.79 Å². The Labute approximate surface area is 182 Å². The van der Waals surface area contributed by atoms with E-state index < -0.39 is 0 Å². The molecule has 0 spiro atoms. The van der Waals surface area contributed by atoms with Gasteiger partial charge in [-0.1, -0.05) is 30.1 Å². The number of hydrogen-bond acceptors (Lipinski definition) is 4. The second-order valence-corrected chi connectivity index (χ2v) is 8.49. The summed E-state index contributed by atoms with van der Waals surface area (Å²) in [6, 6.07) is 14.5. The highest BCUT2D eigenvalue weighted by molar-refractivity contribution is 6.30. The Kier molecular flexibility index (Phi) is 8.22. The molecule has 1 fully saturated rings. The lowest BCUT2D eigenvalue weighted by molar-refractivity contribution is -0.122. The van der Waals surface area contributed by atoms with Crippen molar-refractivity contribution < 1.29 is 14.3 Å². The van der Waals surface area contributed by atoms with Crippen molar-refractivity contribution in [1.82, 2.24) is 4.90 Å². The first-order valence-electron chi connectivity index (χ1n) is 10.0. The van der Waals surface area contributed by atoms with E-state index in [2.05, 4.69) is 11.8 Å². The van der Waals surface area contributed by atoms with Crippen LogP contribution in [-0.4, -0.2) is 43.5 Å². The van der Waals surface area contributed by atoms with Gasteiger partial charge < -0.3 is 9.47 Å². The average Bonchev–Trinajstić information content (AvgIpc) is 2.71. The van der Waals surface area contributed by atoms with Gasteiger partial charge in [0.05, 0.1) is 0 Å². The third-order valence-corrected chi connectivity index (χ3v) is 5.86. The quantitative estimate of drug-likeness (QED) is 0.530. The number of ketones is 1. The number of halogens is 2. The molecule has 0 saturated carbocycles. The minimum absolute atomic E-state index is 0.115. The Hall–Kier alpha value is -1.75. The van der Waals surface area contributed by atoms with E-state index in [1.54, 1.807) is 24.3 Å². The monoisotopic (exact) mass is 435 g/mol. The molecule has 0 amide bonds. The summed E-state index contributed by atoms with van der Waals surface area (Å²) in [7, 11) is 0. The van der Waals surface area contributed by atoms with Crippen molar-refractivity contribution in [2.75, 3.05) is 32.8 Å². The second-order valence-electron chi connectivity index (χ2n) is 7.61. The van der Waals surface area contributed by atoms with Gasteiger partial charge in [0.1, 0.15) is 24.7 Å². The number of rotatable bonds is 9. The molecule has 1 heterocycles. The fourth-order valence-electron chi connectivity index (χ4n) is 3.66. The molecule has 2 aromatic carbocycles. The minimum Gasteiger partial charge on any atom is -0.492 e. The van der Waals surface area contributed by atoms with E-state index in [0.29, 0.717) is 40.7 Å². The molecule has 1 aliphatic rings. The van der Waals surface area contributed by atoms with Crippen LogP contribution in [0.3, 0.4) is 0 Å². The topological polar surface area (TPSA) is 38.8 Å². The van der Waals surface area contributed by atoms with E-state index in [9.17, 15) is 4.79 Å². The van der Waals surface area contributed by atoms with E-state index in [0.717, 1.165) is 31.8 Å². The highest BCUT2D eigenvalue weighted by Crippen LogP contribution is 2.26. The maximum atomic E-state index is 12.3. The first kappa shape index (κ1) is 21.9. The summed E-state index contributed by atoms with van der Waals surface area (Å²) < 4.78 is 11.4. The normalized spacial score (nSPS) is 19.7. The molecule has 2 atom stereocenters. The predicted molar refractivity (Wildman–Crippen MR) is 117 cm³/mol. The maximum Gasteiger partial charge on any atom is 0.170 e. The van der Waals surface area contributed by atoms with Gasteiger partial charge in [-0.2, -0.15) is 0 Å². The lowest BCUT2D eigenvalue weighted by atomic mass is 9.83. The first-order valence-corrected chi connectivity index (χ1v) is 10.8. The summed E-state index contributed by atoms with van der Waals surface area (Å²) in [6.45, 7) is 5.85. The molecular weight excluding hydrogens is 409 g/mol. The Morgan fingerprint density at radius 1 is 1.00 bits per heavy atom. The first-order chi connectivity index (χ1) is 14.0. The number of nitrogens with zero attached hydrogens (tertiary/aromatic N) is 1. The van der Waals surface area contributed by atoms with Gasteiger partial charge in [0.15, 0.2) is 5.78 Å². The number of carbonyl (C=O) groups excluding carboxylic acids is 1. The third kappa shape index (κ3) is 7.22. The van der Waals surface area contributed by atoms with Gasteiger partial charge in [-0.3, -0.25) is 9.69 Å². The van der Waals surface area contributed by atoms with E-state index in [4.69, 9.17) is 32.7 Å². The van der Waals surface area contributed by atoms with Crippen LogP contribution in [0.4, 0.5) is 0 Å². The zero-order valence-electron chi connectivity index (χ0n) is 16.7. The van der Waals surface area contributed by atoms with Gasteiger partial charge in [-0.25, -0.2) is 0 Å². The van der Waals surface area contributed by atoms with Crippen molar-refractivity contribution in [2.24, 2.45) is 11.8 Å². The average molecular weight is 436 g/mol. The van der Waals surface area contributed by atoms with E-state index >= 15 is 0 Å². The SMILES string of the molecule is CC1CN(CCOc2ccc(Cl)cc2)CCC1CC(=O)COc1ccc(Cl)cc1. The molecule has 156 valence electrons. The molecule has 29 heavy (non-hydrogen) atoms. The van der Waals surface area contributed by atoms with Crippen molar-refractivity contribution in [2.45, 2.75) is 19.8 Å². The minimum atomic E-state index is 0.115. The zero-order valence-corrected chi connectivity index (χ0v) is 18.2. The summed E-state index contributed by atoms with van der Waals surface area (Å²) in [5.74, 6) is 2.54. The van der Waals surface area contributed by atoms with Crippen molar-refractivity contribution >= 4 is 29.0 Å². The van der Waals surface area contributed by atoms with E-state index in [-0.39, 0.29) is 12.4 Å². The number of carbonyl (C=O) groups is 1. The highest BCUT2D eigenvalue weighted by Gasteiger charge is 2.27. The van der Waals surface area contributed by atoms with Crippen LogP contribution in [0.5, 0.6) is 11.5 Å². The summed E-state index contributed by atoms with van der Waals surface area (Å²) in [5, 5.41) is 1.36. The summed E-state index contributed by atoms with van der Waals surface area (Å²) in [5.41, 5.74) is 0. The lowest BCUT2D eigenvalue weighted by Gasteiger charge is -2.36. The standard InChI is InChI=1S/C23H27Cl2NO3/c1-17-15-26(12-13-28-22-6-2-19(24)3-7-22)11-10-18(17)14-21(27)16-29-23-8-4-20(25)5-9-23/h2-9,17-18H,10-16H2,1H3. The van der Waals surface area contributed by atoms with Crippen LogP contribution in [0.25, 0.3) is 0 Å². The van der Waals surface area contributed by atoms with Gasteiger partial charge in [0.25, 0.3) is 0 Å². The molecular formula is C23H27Cl2NO3. The highest BCUT2D eigenvalue weighted by atomic mass is 35.5. The summed E-state index contributed by atoms with van der Waals surface area (Å²) in [6.07, 6.45) is 1.60. The van der Waals surface area contributed by atoms with Gasteiger partial charge in [-0.15, -0.1) is 0 Å². The number of piperidine rings is 1. The molecule has 0 aromatic heterocycles. The molecule has 0 N–H and O–H groups in total. The fraction of sp³-hybridized carbons (Fsp3) is 0.435. The van der Waals surface area contributed by atoms with Crippen molar-refractivity contribution in [3.8, 4) is 11.5 Å². The second kappa shape index (κ2) is 10.9. The molecule has 6 heteroatoms. The molecule has 2 unspecified atom stereocenters. The van der Waals surface area contributed by atoms with Gasteiger partial charge in [0.2, 0.25) is 0 Å². The number of ether oxygens (including phenoxy) is 2. The van der Waals surface area contributed by atoms with Crippen LogP contribution in [0, 0.1) is 11.8 Å². The Bertz CT molecular complexity index is 780. The number of Topliss-reactive ketones (excluding diaryl/α,β-unsaturated/α-hetero) is 1. The van der Waals surface area contributed by atoms with Crippen LogP contribution in [0.1, 0.15) is 19.8 Å². The van der Waals surface area contributed by atoms with Gasteiger partial charge in [0, 0.05) is 29.6 Å². The van der Waals surface area contributed by atoms with E-state index in [1.165, 1.54) is 0 Å². The maximum absolute atomic E-state index is 12.3. The third-order valence-electron chi connectivity index (χ3n) is 5.36. The van der Waals surface area contributed by atoms with Gasteiger partial charge >= 0.3 is 0 Å². The molecule has 4 nitrogen and oxygen atoms in total. The largest absolute Gasteiger partial charge is 0.492 e. The summed E-state index contributed by atoms with van der Waals surface area (Å²) >= 11 is 11.7. The molecule has 3 rings (SSSR count). The Morgan fingerprint density at radius 2 is 1.59 bits per heavy atom. The molecule has 1 aliphatic heterocycles. The van der Waals surface area contributed by atoms with Crippen LogP contribution in [0.2, 0.25) is 10.0 Å². The number of likely N-dealkylation sites (tertiary alicyclic amines) is 1. The van der Waals surface area contributed by atoms with Crippen molar-refractivity contribution in [3.05, 3.63) is 58.6 Å². The van der Waals surface area contributed by atoms with Crippen molar-refractivity contribution in [1.29, 1.82) is 0 Å². The van der Waals surface area contributed by atoms with Crippen LogP contribution in [0.15, 0.2) is 48.5 Å². The zero-order chi connectivity index (χ0) is 20.6. The van der Waals surface area contributed by atoms with Crippen LogP contribution >= 0.6 is 23.2 Å². The number of benzene rings is 2. The van der Waals surface area contributed by atoms with Gasteiger partial charge in [-0.05, 0) is 73.3 Å². The van der Waals surface area contributed by atoms with E-state index in [1.807, 2.05) is 24.3 Å². The smallest absolute Gasteiger partial charge is 0.170 e. The predicted octanol–water partition coefficient (Wildman–Crippen LogP) is 5.37. The Balaban J connectivity index is 1.35. The number of hydrogen-bond donors (Lipinski definition) is 0. The Morgan fingerprint density at radius 3 is 2.17 bits per heavy atom. The molecule has 2 aromatic rings. The fourth-order valence-corrected chi connectivity index (χ4v) is 3.91. The van der Waals surface area contributed by atoms with Crippen LogP contribution < -0.4 is 9.47 Å². The molecule has 0 aliphatic carbocycles. The molecule has 0 radical (unpaired) electrons. The lowest BCUT2D eigenvalue weighted by Crippen LogP contribution is -2.42. The summed E-state index contributed by atoms with van der Waals surface area (Å²) in [4.78, 5) is 14.7. The molecule has 0 bridgehead atoms. The van der Waals surface area contributed by atoms with Crippen molar-refractivity contribution in [3.63, 3.8) is 0 Å². The molecule has 1 saturated heterocycles.